The Kier molecular flexibility index (Phi) is 8.84. The summed E-state index contributed by atoms with van der Waals surface area (Å²) in [5, 5.41) is 3.44. The second-order valence-corrected chi connectivity index (χ2v) is 10.9. The van der Waals surface area contributed by atoms with Crippen molar-refractivity contribution in [3.63, 3.8) is 0 Å². The maximum Gasteiger partial charge on any atom is 0.231 e. The van der Waals surface area contributed by atoms with Crippen LogP contribution in [-0.4, -0.2) is 60.0 Å². The van der Waals surface area contributed by atoms with Crippen molar-refractivity contribution >= 4 is 17.5 Å². The van der Waals surface area contributed by atoms with E-state index in [1.807, 2.05) is 6.92 Å². The predicted octanol–water partition coefficient (Wildman–Crippen LogP) is 5.14. The highest BCUT2D eigenvalue weighted by atomic mass is 35.5. The zero-order chi connectivity index (χ0) is 24.9. The average Bonchev–Trinajstić information content (AvgIpc) is 3.16. The van der Waals surface area contributed by atoms with Gasteiger partial charge < -0.3 is 14.6 Å². The molecular formula is C27H38ClFN4O2. The molecule has 0 spiro atoms. The van der Waals surface area contributed by atoms with Gasteiger partial charge in [0, 0.05) is 32.1 Å². The Hall–Kier alpha value is -1.96. The van der Waals surface area contributed by atoms with Crippen LogP contribution in [0, 0.1) is 30.5 Å². The summed E-state index contributed by atoms with van der Waals surface area (Å²) in [7, 11) is 0. The predicted molar refractivity (Wildman–Crippen MR) is 137 cm³/mol. The summed E-state index contributed by atoms with van der Waals surface area (Å²) in [5.74, 6) is 2.20. The molecule has 1 N–H and O–H groups in total. The van der Waals surface area contributed by atoms with Gasteiger partial charge in [0.25, 0.3) is 0 Å². The molecule has 2 aliphatic heterocycles. The van der Waals surface area contributed by atoms with E-state index in [9.17, 15) is 9.18 Å². The molecule has 0 bridgehead atoms. The van der Waals surface area contributed by atoms with Crippen LogP contribution < -0.4 is 5.32 Å². The van der Waals surface area contributed by atoms with Gasteiger partial charge in [-0.2, -0.15) is 0 Å². The number of oxazole rings is 1. The maximum atomic E-state index is 14.3. The Balaban J connectivity index is 1.20. The van der Waals surface area contributed by atoms with Crippen molar-refractivity contribution in [1.29, 1.82) is 0 Å². The molecular weight excluding hydrogens is 467 g/mol. The molecule has 2 aliphatic rings. The number of nitrogens with zero attached hydrogens (tertiary/aromatic N) is 3. The maximum absolute atomic E-state index is 14.3. The third kappa shape index (κ3) is 6.83. The lowest BCUT2D eigenvalue weighted by Crippen LogP contribution is -2.42. The number of aromatic nitrogens is 1. The van der Waals surface area contributed by atoms with Gasteiger partial charge in [0.2, 0.25) is 11.8 Å². The zero-order valence-electron chi connectivity index (χ0n) is 21.2. The number of likely N-dealkylation sites (tertiary alicyclic amines) is 2. The van der Waals surface area contributed by atoms with Crippen LogP contribution in [0.25, 0.3) is 11.5 Å². The summed E-state index contributed by atoms with van der Waals surface area (Å²) >= 11 is 6.17. The number of carbonyl (C=O) groups is 1. The highest BCUT2D eigenvalue weighted by Gasteiger charge is 2.27. The van der Waals surface area contributed by atoms with E-state index in [1.165, 1.54) is 25.6 Å². The van der Waals surface area contributed by atoms with Crippen LogP contribution in [0.4, 0.5) is 4.39 Å². The van der Waals surface area contributed by atoms with Gasteiger partial charge in [-0.05, 0) is 76.2 Å². The number of piperidine rings is 2. The van der Waals surface area contributed by atoms with Gasteiger partial charge in [-0.3, -0.25) is 9.69 Å². The molecule has 192 valence electrons. The van der Waals surface area contributed by atoms with Gasteiger partial charge in [0.1, 0.15) is 11.6 Å². The molecule has 0 aliphatic carbocycles. The Labute approximate surface area is 213 Å². The summed E-state index contributed by atoms with van der Waals surface area (Å²) in [6.07, 6.45) is 3.98. The van der Waals surface area contributed by atoms with Gasteiger partial charge in [-0.25, -0.2) is 9.37 Å². The summed E-state index contributed by atoms with van der Waals surface area (Å²) in [6.45, 7) is 12.9. The first-order valence-corrected chi connectivity index (χ1v) is 13.3. The molecule has 6 nitrogen and oxygen atoms in total. The molecule has 4 rings (SSSR count). The Bertz CT molecular complexity index is 975. The van der Waals surface area contributed by atoms with E-state index in [2.05, 4.69) is 33.9 Å². The fourth-order valence-electron chi connectivity index (χ4n) is 5.58. The monoisotopic (exact) mass is 504 g/mol. The molecule has 0 unspecified atom stereocenters. The van der Waals surface area contributed by atoms with Gasteiger partial charge in [-0.15, -0.1) is 0 Å². The minimum atomic E-state index is -0.447. The first-order chi connectivity index (χ1) is 16.8. The SMILES string of the molecule is Cc1oc(-c2c(F)cccc2Cl)nc1CN1CCC(C(=O)NCCCN2C[C@H](C)C[C@H](C)C2)CC1. The van der Waals surface area contributed by atoms with Crippen LogP contribution >= 0.6 is 11.6 Å². The summed E-state index contributed by atoms with van der Waals surface area (Å²) in [6, 6.07) is 4.54. The van der Waals surface area contributed by atoms with Crippen molar-refractivity contribution in [2.24, 2.45) is 17.8 Å². The topological polar surface area (TPSA) is 61.6 Å². The van der Waals surface area contributed by atoms with Crippen LogP contribution in [0.2, 0.25) is 5.02 Å². The number of carbonyl (C=O) groups excluding carboxylic acids is 1. The Morgan fingerprint density at radius 1 is 1.20 bits per heavy atom. The highest BCUT2D eigenvalue weighted by molar-refractivity contribution is 6.33. The van der Waals surface area contributed by atoms with Crippen LogP contribution in [0.1, 0.15) is 51.0 Å². The lowest BCUT2D eigenvalue weighted by Gasteiger charge is -2.35. The van der Waals surface area contributed by atoms with Crippen molar-refractivity contribution in [3.8, 4) is 11.5 Å². The fourth-order valence-corrected chi connectivity index (χ4v) is 5.83. The Morgan fingerprint density at radius 2 is 1.91 bits per heavy atom. The molecule has 2 aromatic rings. The largest absolute Gasteiger partial charge is 0.441 e. The molecule has 0 saturated carbocycles. The molecule has 1 aromatic heterocycles. The molecule has 3 heterocycles. The van der Waals surface area contributed by atoms with E-state index >= 15 is 0 Å². The van der Waals surface area contributed by atoms with E-state index in [4.69, 9.17) is 16.0 Å². The van der Waals surface area contributed by atoms with Gasteiger partial charge in [0.05, 0.1) is 16.3 Å². The number of hydrogen-bond acceptors (Lipinski definition) is 5. The minimum Gasteiger partial charge on any atom is -0.441 e. The van der Waals surface area contributed by atoms with Crippen molar-refractivity contribution in [3.05, 3.63) is 40.5 Å². The van der Waals surface area contributed by atoms with E-state index < -0.39 is 5.82 Å². The molecule has 1 aromatic carbocycles. The number of rotatable bonds is 8. The highest BCUT2D eigenvalue weighted by Crippen LogP contribution is 2.32. The summed E-state index contributed by atoms with van der Waals surface area (Å²) in [4.78, 5) is 22.0. The lowest BCUT2D eigenvalue weighted by atomic mass is 9.92. The molecule has 1 amide bonds. The third-order valence-electron chi connectivity index (χ3n) is 7.30. The van der Waals surface area contributed by atoms with Crippen molar-refractivity contribution in [2.45, 2.75) is 53.0 Å². The second-order valence-electron chi connectivity index (χ2n) is 10.5. The number of aryl methyl sites for hydroxylation is 1. The quantitative estimate of drug-likeness (QED) is 0.504. The van der Waals surface area contributed by atoms with E-state index in [1.54, 1.807) is 12.1 Å². The van der Waals surface area contributed by atoms with Gasteiger partial charge in [-0.1, -0.05) is 31.5 Å². The van der Waals surface area contributed by atoms with E-state index in [-0.39, 0.29) is 28.3 Å². The number of nitrogens with one attached hydrogen (secondary N) is 1. The first-order valence-electron chi connectivity index (χ1n) is 12.9. The van der Waals surface area contributed by atoms with Crippen LogP contribution in [0.15, 0.2) is 22.6 Å². The normalized spacial score (nSPS) is 22.4. The smallest absolute Gasteiger partial charge is 0.231 e. The number of halogens is 2. The minimum absolute atomic E-state index is 0.0625. The van der Waals surface area contributed by atoms with E-state index in [0.29, 0.717) is 12.3 Å². The second kappa shape index (κ2) is 11.8. The zero-order valence-corrected chi connectivity index (χ0v) is 21.9. The molecule has 35 heavy (non-hydrogen) atoms. The molecule has 0 radical (unpaired) electrons. The van der Waals surface area contributed by atoms with Crippen LogP contribution in [0.5, 0.6) is 0 Å². The third-order valence-corrected chi connectivity index (χ3v) is 7.61. The molecule has 8 heteroatoms. The van der Waals surface area contributed by atoms with E-state index in [0.717, 1.165) is 63.0 Å². The van der Waals surface area contributed by atoms with Crippen LogP contribution in [0.3, 0.4) is 0 Å². The lowest BCUT2D eigenvalue weighted by molar-refractivity contribution is -0.126. The number of amides is 1. The summed E-state index contributed by atoms with van der Waals surface area (Å²) in [5.41, 5.74) is 0.978. The van der Waals surface area contributed by atoms with Crippen LogP contribution in [-0.2, 0) is 11.3 Å². The van der Waals surface area contributed by atoms with Crippen molar-refractivity contribution < 1.29 is 13.6 Å². The van der Waals surface area contributed by atoms with Crippen molar-refractivity contribution in [2.75, 3.05) is 39.3 Å². The number of hydrogen-bond donors (Lipinski definition) is 1. The fraction of sp³-hybridized carbons (Fsp3) is 0.630. The molecule has 2 fully saturated rings. The number of benzene rings is 1. The van der Waals surface area contributed by atoms with Crippen molar-refractivity contribution in [1.82, 2.24) is 20.1 Å². The van der Waals surface area contributed by atoms with Gasteiger partial charge in [0.15, 0.2) is 0 Å². The summed E-state index contributed by atoms with van der Waals surface area (Å²) < 4.78 is 20.0. The molecule has 2 saturated heterocycles. The Morgan fingerprint density at radius 3 is 2.60 bits per heavy atom. The average molecular weight is 505 g/mol. The van der Waals surface area contributed by atoms with Gasteiger partial charge >= 0.3 is 0 Å². The standard InChI is InChI=1S/C27H38ClFN4O2/c1-18-14-19(2)16-33(15-18)11-5-10-30-26(34)21-8-12-32(13-9-21)17-24-20(3)35-27(31-24)25-22(28)6-4-7-23(25)29/h4,6-7,18-19,21H,5,8-17H2,1-3H3,(H,30,34)/t18-,19+. The first kappa shape index (κ1) is 26.1. The molecule has 2 atom stereocenters.